The molecule has 0 heterocycles. The number of halogens is 4. The molecule has 0 aliphatic heterocycles. The summed E-state index contributed by atoms with van der Waals surface area (Å²) in [6, 6.07) is 2.33. The highest BCUT2D eigenvalue weighted by molar-refractivity contribution is 5.25. The third-order valence-electron chi connectivity index (χ3n) is 1.49. The predicted molar refractivity (Wildman–Crippen MR) is 58.8 cm³/mol. The van der Waals surface area contributed by atoms with Crippen LogP contribution < -0.4 is 0 Å². The Morgan fingerprint density at radius 2 is 1.38 bits per heavy atom. The number of hydrogen-bond donors (Lipinski definition) is 0. The summed E-state index contributed by atoms with van der Waals surface area (Å²) in [6.45, 7) is 9.30. The molecule has 0 saturated carbocycles. The maximum absolute atomic E-state index is 12.5. The van der Waals surface area contributed by atoms with Gasteiger partial charge in [-0.25, -0.2) is 4.39 Å². The third kappa shape index (κ3) is 5.73. The van der Waals surface area contributed by atoms with Crippen LogP contribution in [0.4, 0.5) is 17.6 Å². The van der Waals surface area contributed by atoms with Crippen LogP contribution in [0.25, 0.3) is 0 Å². The summed E-state index contributed by atoms with van der Waals surface area (Å²) in [5.74, 6) is -0.622. The molecule has 0 nitrogen and oxygen atoms in total. The Morgan fingerprint density at radius 1 is 0.938 bits per heavy atom. The fraction of sp³-hybridized carbons (Fsp3) is 0.500. The highest BCUT2D eigenvalue weighted by Gasteiger charge is 2.30. The molecule has 16 heavy (non-hydrogen) atoms. The maximum Gasteiger partial charge on any atom is 0.416 e. The second-order valence-electron chi connectivity index (χ2n) is 2.46. The average molecular weight is 238 g/mol. The third-order valence-corrected chi connectivity index (χ3v) is 1.49. The van der Waals surface area contributed by atoms with E-state index in [9.17, 15) is 17.6 Å². The van der Waals surface area contributed by atoms with Crippen molar-refractivity contribution < 1.29 is 17.6 Å². The van der Waals surface area contributed by atoms with E-state index in [0.717, 1.165) is 18.2 Å². The van der Waals surface area contributed by atoms with Crippen molar-refractivity contribution in [1.82, 2.24) is 0 Å². The molecule has 0 unspecified atom stereocenters. The summed E-state index contributed by atoms with van der Waals surface area (Å²) in [5, 5.41) is 0. The zero-order valence-electron chi connectivity index (χ0n) is 10.2. The fourth-order valence-corrected chi connectivity index (χ4v) is 0.821. The van der Waals surface area contributed by atoms with Crippen LogP contribution in [0.5, 0.6) is 0 Å². The molecule has 0 saturated heterocycles. The van der Waals surface area contributed by atoms with Crippen molar-refractivity contribution in [3.05, 3.63) is 35.1 Å². The molecule has 1 aromatic carbocycles. The highest BCUT2D eigenvalue weighted by Crippen LogP contribution is 2.29. The molecule has 0 radical (unpaired) electrons. The number of aryl methyl sites for hydroxylation is 1. The Bertz CT molecular complexity index is 290. The molecule has 0 aliphatic rings. The molecule has 0 aromatic heterocycles. The molecule has 0 aliphatic carbocycles. The fourth-order valence-electron chi connectivity index (χ4n) is 0.821. The van der Waals surface area contributed by atoms with Gasteiger partial charge in [0, 0.05) is 0 Å². The molecule has 0 atom stereocenters. The van der Waals surface area contributed by atoms with Crippen LogP contribution in [0.3, 0.4) is 0 Å². The zero-order valence-corrected chi connectivity index (χ0v) is 10.2. The van der Waals surface area contributed by atoms with Crippen molar-refractivity contribution in [3.8, 4) is 0 Å². The first-order valence-corrected chi connectivity index (χ1v) is 5.24. The second-order valence-corrected chi connectivity index (χ2v) is 2.46. The summed E-state index contributed by atoms with van der Waals surface area (Å²) >= 11 is 0. The van der Waals surface area contributed by atoms with E-state index < -0.39 is 17.6 Å². The minimum Gasteiger partial charge on any atom is -0.207 e. The van der Waals surface area contributed by atoms with E-state index in [0.29, 0.717) is 0 Å². The molecule has 1 rings (SSSR count). The van der Waals surface area contributed by atoms with Crippen LogP contribution in [0.15, 0.2) is 18.2 Å². The monoisotopic (exact) mass is 238 g/mol. The standard InChI is InChI=1S/C8H6F4.2C2H6/c1-5-4-6(8(10,11)12)2-3-7(5)9;2*1-2/h2-4H,1H3;2*1-2H3. The smallest absolute Gasteiger partial charge is 0.207 e. The topological polar surface area (TPSA) is 0 Å². The van der Waals surface area contributed by atoms with Crippen LogP contribution in [0, 0.1) is 12.7 Å². The first-order valence-electron chi connectivity index (χ1n) is 5.24. The van der Waals surface area contributed by atoms with Gasteiger partial charge < -0.3 is 0 Å². The van der Waals surface area contributed by atoms with Crippen molar-refractivity contribution in [2.45, 2.75) is 40.8 Å². The lowest BCUT2D eigenvalue weighted by Crippen LogP contribution is -2.05. The SMILES string of the molecule is CC.CC.Cc1cc(C(F)(F)F)ccc1F. The van der Waals surface area contributed by atoms with Crippen LogP contribution in [0.2, 0.25) is 0 Å². The number of alkyl halides is 3. The predicted octanol–water partition coefficient (Wildman–Crippen LogP) is 5.21. The lowest BCUT2D eigenvalue weighted by molar-refractivity contribution is -0.137. The van der Waals surface area contributed by atoms with Crippen molar-refractivity contribution >= 4 is 0 Å². The van der Waals surface area contributed by atoms with Crippen molar-refractivity contribution in [2.24, 2.45) is 0 Å². The van der Waals surface area contributed by atoms with Gasteiger partial charge in [0.05, 0.1) is 5.56 Å². The minimum absolute atomic E-state index is 0.00447. The maximum atomic E-state index is 12.5. The van der Waals surface area contributed by atoms with Gasteiger partial charge in [0.15, 0.2) is 0 Å². The van der Waals surface area contributed by atoms with E-state index in [4.69, 9.17) is 0 Å². The van der Waals surface area contributed by atoms with Gasteiger partial charge in [0.1, 0.15) is 5.82 Å². The Morgan fingerprint density at radius 3 is 1.69 bits per heavy atom. The first-order chi connectivity index (χ1) is 7.41. The van der Waals surface area contributed by atoms with Gasteiger partial charge in [-0.05, 0) is 30.7 Å². The van der Waals surface area contributed by atoms with Crippen molar-refractivity contribution in [1.29, 1.82) is 0 Å². The first kappa shape index (κ1) is 17.3. The Kier molecular flexibility index (Phi) is 8.81. The molecule has 0 spiro atoms. The lowest BCUT2D eigenvalue weighted by atomic mass is 10.1. The van der Waals surface area contributed by atoms with Crippen LogP contribution in [-0.4, -0.2) is 0 Å². The Hall–Kier alpha value is -1.06. The molecular formula is C12H18F4. The summed E-state index contributed by atoms with van der Waals surface area (Å²) < 4.78 is 48.5. The van der Waals surface area contributed by atoms with Gasteiger partial charge in [-0.1, -0.05) is 27.7 Å². The average Bonchev–Trinajstić information content (AvgIpc) is 2.26. The van der Waals surface area contributed by atoms with Crippen molar-refractivity contribution in [3.63, 3.8) is 0 Å². The number of hydrogen-bond acceptors (Lipinski definition) is 0. The highest BCUT2D eigenvalue weighted by atomic mass is 19.4. The van der Waals surface area contributed by atoms with Gasteiger partial charge in [-0.3, -0.25) is 0 Å². The van der Waals surface area contributed by atoms with Gasteiger partial charge in [-0.15, -0.1) is 0 Å². The molecular weight excluding hydrogens is 220 g/mol. The van der Waals surface area contributed by atoms with E-state index in [2.05, 4.69) is 0 Å². The molecule has 0 N–H and O–H groups in total. The molecule has 0 bridgehead atoms. The summed E-state index contributed by atoms with van der Waals surface area (Å²) in [4.78, 5) is 0. The van der Waals surface area contributed by atoms with E-state index >= 15 is 0 Å². The zero-order chi connectivity index (χ0) is 13.4. The number of benzene rings is 1. The molecule has 94 valence electrons. The van der Waals surface area contributed by atoms with Gasteiger partial charge >= 0.3 is 6.18 Å². The van der Waals surface area contributed by atoms with Gasteiger partial charge in [-0.2, -0.15) is 13.2 Å². The van der Waals surface area contributed by atoms with Gasteiger partial charge in [0.25, 0.3) is 0 Å². The normalized spacial score (nSPS) is 9.56. The lowest BCUT2D eigenvalue weighted by Gasteiger charge is -2.06. The minimum atomic E-state index is -4.39. The quantitative estimate of drug-likeness (QED) is 0.544. The second kappa shape index (κ2) is 8.13. The van der Waals surface area contributed by atoms with Crippen molar-refractivity contribution in [2.75, 3.05) is 0 Å². The summed E-state index contributed by atoms with van der Waals surface area (Å²) in [6.07, 6.45) is -4.39. The molecule has 0 fully saturated rings. The van der Waals surface area contributed by atoms with Crippen LogP contribution in [-0.2, 0) is 6.18 Å². The van der Waals surface area contributed by atoms with E-state index in [1.165, 1.54) is 6.92 Å². The van der Waals surface area contributed by atoms with E-state index in [-0.39, 0.29) is 5.56 Å². The van der Waals surface area contributed by atoms with E-state index in [1.807, 2.05) is 27.7 Å². The Balaban J connectivity index is 0. The van der Waals surface area contributed by atoms with Gasteiger partial charge in [0.2, 0.25) is 0 Å². The van der Waals surface area contributed by atoms with E-state index in [1.54, 1.807) is 0 Å². The molecule has 1 aromatic rings. The summed E-state index contributed by atoms with van der Waals surface area (Å²) in [7, 11) is 0. The number of rotatable bonds is 0. The Labute approximate surface area is 94.3 Å². The van der Waals surface area contributed by atoms with Crippen LogP contribution in [0.1, 0.15) is 38.8 Å². The molecule has 0 amide bonds. The van der Waals surface area contributed by atoms with Crippen LogP contribution >= 0.6 is 0 Å². The largest absolute Gasteiger partial charge is 0.416 e. The molecule has 4 heteroatoms. The summed E-state index contributed by atoms with van der Waals surface area (Å²) in [5.41, 5.74) is -0.814.